The van der Waals surface area contributed by atoms with Crippen molar-refractivity contribution in [3.63, 3.8) is 0 Å². The van der Waals surface area contributed by atoms with Crippen molar-refractivity contribution >= 4 is 34.4 Å². The smallest absolute Gasteiger partial charge is 0.173 e. The lowest BCUT2D eigenvalue weighted by Gasteiger charge is -2.20. The van der Waals surface area contributed by atoms with Crippen LogP contribution in [0.2, 0.25) is 0 Å². The van der Waals surface area contributed by atoms with E-state index in [2.05, 4.69) is 65.8 Å². The van der Waals surface area contributed by atoms with Gasteiger partial charge in [-0.05, 0) is 47.3 Å². The number of hydrogen-bond acceptors (Lipinski definition) is 2. The van der Waals surface area contributed by atoms with Crippen molar-refractivity contribution in [2.24, 2.45) is 0 Å². The normalized spacial score (nSPS) is 10.6. The Balaban J connectivity index is 1.93. The molecule has 0 atom stereocenters. The van der Waals surface area contributed by atoms with Crippen molar-refractivity contribution in [2.75, 3.05) is 12.4 Å². The molecule has 2 rings (SSSR count). The molecule has 1 heterocycles. The standard InChI is InChI=1S/C16H20N2S2/c1-12(2)13-6-8-14(9-7-13)17-16(19)18(3)11-15-5-4-10-20-15/h4-10,12H,11H2,1-3H3,(H,17,19). The maximum atomic E-state index is 5.44. The third-order valence-corrected chi connectivity index (χ3v) is 4.42. The molecule has 106 valence electrons. The predicted octanol–water partition coefficient (Wildman–Crippen LogP) is 4.70. The summed E-state index contributed by atoms with van der Waals surface area (Å²) >= 11 is 7.19. The third-order valence-electron chi connectivity index (χ3n) is 3.15. The van der Waals surface area contributed by atoms with Crippen LogP contribution < -0.4 is 5.32 Å². The summed E-state index contributed by atoms with van der Waals surface area (Å²) in [5, 5.41) is 6.12. The van der Waals surface area contributed by atoms with Crippen LogP contribution in [0.3, 0.4) is 0 Å². The quantitative estimate of drug-likeness (QED) is 0.824. The molecule has 2 nitrogen and oxygen atoms in total. The molecular formula is C16H20N2S2. The largest absolute Gasteiger partial charge is 0.347 e. The second kappa shape index (κ2) is 6.86. The maximum Gasteiger partial charge on any atom is 0.173 e. The molecule has 2 aromatic rings. The summed E-state index contributed by atoms with van der Waals surface area (Å²) < 4.78 is 0. The molecule has 0 spiro atoms. The summed E-state index contributed by atoms with van der Waals surface area (Å²) in [6.45, 7) is 5.23. The lowest BCUT2D eigenvalue weighted by atomic mass is 10.0. The van der Waals surface area contributed by atoms with Crippen molar-refractivity contribution in [1.82, 2.24) is 4.90 Å². The van der Waals surface area contributed by atoms with Gasteiger partial charge in [0.05, 0.1) is 6.54 Å². The van der Waals surface area contributed by atoms with Gasteiger partial charge in [0, 0.05) is 17.6 Å². The number of benzene rings is 1. The first-order valence-corrected chi connectivity index (χ1v) is 7.99. The molecule has 0 aliphatic carbocycles. The first kappa shape index (κ1) is 15.0. The monoisotopic (exact) mass is 304 g/mol. The average Bonchev–Trinajstić information content (AvgIpc) is 2.92. The SMILES string of the molecule is CC(C)c1ccc(NC(=S)N(C)Cc2cccs2)cc1. The molecule has 0 radical (unpaired) electrons. The maximum absolute atomic E-state index is 5.44. The Morgan fingerprint density at radius 1 is 1.25 bits per heavy atom. The van der Waals surface area contributed by atoms with Crippen LogP contribution in [0.4, 0.5) is 5.69 Å². The van der Waals surface area contributed by atoms with Crippen LogP contribution in [0.25, 0.3) is 0 Å². The number of hydrogen-bond donors (Lipinski definition) is 1. The molecule has 0 bridgehead atoms. The minimum absolute atomic E-state index is 0.553. The zero-order chi connectivity index (χ0) is 14.5. The lowest BCUT2D eigenvalue weighted by Crippen LogP contribution is -2.30. The van der Waals surface area contributed by atoms with Gasteiger partial charge in [-0.15, -0.1) is 11.3 Å². The van der Waals surface area contributed by atoms with Crippen LogP contribution >= 0.6 is 23.6 Å². The van der Waals surface area contributed by atoms with Crippen LogP contribution in [0.5, 0.6) is 0 Å². The number of rotatable bonds is 4. The second-order valence-electron chi connectivity index (χ2n) is 5.14. The highest BCUT2D eigenvalue weighted by Crippen LogP contribution is 2.18. The van der Waals surface area contributed by atoms with E-state index in [4.69, 9.17) is 12.2 Å². The van der Waals surface area contributed by atoms with E-state index in [1.807, 2.05) is 7.05 Å². The molecule has 0 amide bonds. The first-order chi connectivity index (χ1) is 9.56. The highest BCUT2D eigenvalue weighted by Gasteiger charge is 2.06. The van der Waals surface area contributed by atoms with Gasteiger partial charge in [0.15, 0.2) is 5.11 Å². The molecular weight excluding hydrogens is 284 g/mol. The van der Waals surface area contributed by atoms with Gasteiger partial charge in [0.2, 0.25) is 0 Å². The van der Waals surface area contributed by atoms with Crippen LogP contribution in [-0.2, 0) is 6.54 Å². The minimum atomic E-state index is 0.553. The molecule has 0 saturated heterocycles. The molecule has 1 aromatic carbocycles. The summed E-state index contributed by atoms with van der Waals surface area (Å²) in [6.07, 6.45) is 0. The van der Waals surface area contributed by atoms with E-state index in [0.717, 1.165) is 17.3 Å². The number of anilines is 1. The van der Waals surface area contributed by atoms with Crippen molar-refractivity contribution < 1.29 is 0 Å². The summed E-state index contributed by atoms with van der Waals surface area (Å²) in [4.78, 5) is 3.36. The molecule has 0 saturated carbocycles. The van der Waals surface area contributed by atoms with E-state index in [1.54, 1.807) is 11.3 Å². The predicted molar refractivity (Wildman–Crippen MR) is 92.5 cm³/mol. The lowest BCUT2D eigenvalue weighted by molar-refractivity contribution is 0.514. The molecule has 0 aliphatic rings. The van der Waals surface area contributed by atoms with Crippen molar-refractivity contribution in [3.05, 3.63) is 52.2 Å². The molecule has 4 heteroatoms. The van der Waals surface area contributed by atoms with Gasteiger partial charge in [-0.1, -0.05) is 32.0 Å². The fourth-order valence-electron chi connectivity index (χ4n) is 1.88. The van der Waals surface area contributed by atoms with Gasteiger partial charge < -0.3 is 10.2 Å². The van der Waals surface area contributed by atoms with E-state index >= 15 is 0 Å². The molecule has 20 heavy (non-hydrogen) atoms. The molecule has 1 N–H and O–H groups in total. The Morgan fingerprint density at radius 2 is 1.95 bits per heavy atom. The molecule has 0 fully saturated rings. The van der Waals surface area contributed by atoms with Crippen molar-refractivity contribution in [3.8, 4) is 0 Å². The number of nitrogens with one attached hydrogen (secondary N) is 1. The van der Waals surface area contributed by atoms with Crippen LogP contribution in [0.15, 0.2) is 41.8 Å². The Hall–Kier alpha value is -1.39. The van der Waals surface area contributed by atoms with E-state index in [9.17, 15) is 0 Å². The zero-order valence-corrected chi connectivity index (χ0v) is 13.7. The number of thiophene rings is 1. The summed E-state index contributed by atoms with van der Waals surface area (Å²) in [7, 11) is 2.01. The van der Waals surface area contributed by atoms with E-state index in [1.165, 1.54) is 10.4 Å². The van der Waals surface area contributed by atoms with Gasteiger partial charge in [-0.2, -0.15) is 0 Å². The summed E-state index contributed by atoms with van der Waals surface area (Å²) in [5.74, 6) is 0.553. The highest BCUT2D eigenvalue weighted by atomic mass is 32.1. The van der Waals surface area contributed by atoms with Gasteiger partial charge >= 0.3 is 0 Å². The molecule has 0 unspecified atom stereocenters. The number of thiocarbonyl (C=S) groups is 1. The van der Waals surface area contributed by atoms with Gasteiger partial charge in [-0.3, -0.25) is 0 Å². The Kier molecular flexibility index (Phi) is 5.15. The number of nitrogens with zero attached hydrogens (tertiary/aromatic N) is 1. The second-order valence-corrected chi connectivity index (χ2v) is 6.56. The zero-order valence-electron chi connectivity index (χ0n) is 12.1. The summed E-state index contributed by atoms with van der Waals surface area (Å²) in [5.41, 5.74) is 2.38. The van der Waals surface area contributed by atoms with E-state index in [-0.39, 0.29) is 0 Å². The highest BCUT2D eigenvalue weighted by molar-refractivity contribution is 7.80. The van der Waals surface area contributed by atoms with Crippen molar-refractivity contribution in [1.29, 1.82) is 0 Å². The molecule has 0 aliphatic heterocycles. The fourth-order valence-corrected chi connectivity index (χ4v) is 2.82. The van der Waals surface area contributed by atoms with Crippen LogP contribution in [0, 0.1) is 0 Å². The Morgan fingerprint density at radius 3 is 2.50 bits per heavy atom. The average molecular weight is 304 g/mol. The van der Waals surface area contributed by atoms with Crippen molar-refractivity contribution in [2.45, 2.75) is 26.3 Å². The third kappa shape index (κ3) is 4.05. The first-order valence-electron chi connectivity index (χ1n) is 6.70. The van der Waals surface area contributed by atoms with Crippen LogP contribution in [-0.4, -0.2) is 17.1 Å². The molecule has 1 aromatic heterocycles. The van der Waals surface area contributed by atoms with E-state index < -0.39 is 0 Å². The Bertz CT molecular complexity index is 544. The summed E-state index contributed by atoms with van der Waals surface area (Å²) in [6, 6.07) is 12.7. The Labute approximate surface area is 130 Å². The van der Waals surface area contributed by atoms with E-state index in [0.29, 0.717) is 5.92 Å². The fraction of sp³-hybridized carbons (Fsp3) is 0.312. The topological polar surface area (TPSA) is 15.3 Å². The van der Waals surface area contributed by atoms with Gasteiger partial charge in [-0.25, -0.2) is 0 Å². The van der Waals surface area contributed by atoms with Gasteiger partial charge in [0.1, 0.15) is 0 Å². The minimum Gasteiger partial charge on any atom is -0.347 e. The van der Waals surface area contributed by atoms with Gasteiger partial charge in [0.25, 0.3) is 0 Å². The van der Waals surface area contributed by atoms with Crippen LogP contribution in [0.1, 0.15) is 30.2 Å².